The number of rotatable bonds is 4. The lowest BCUT2D eigenvalue weighted by Crippen LogP contribution is -2.26. The van der Waals surface area contributed by atoms with Gasteiger partial charge in [-0.3, -0.25) is 4.79 Å². The van der Waals surface area contributed by atoms with Crippen LogP contribution < -0.4 is 5.32 Å². The highest BCUT2D eigenvalue weighted by Gasteiger charge is 2.16. The molecule has 2 aromatic rings. The number of nitrogens with one attached hydrogen (secondary N) is 1. The molecule has 0 saturated carbocycles. The molecule has 1 N–H and O–H groups in total. The molecule has 21 heavy (non-hydrogen) atoms. The molecule has 0 aliphatic heterocycles. The zero-order chi connectivity index (χ0) is 15.6. The smallest absolute Gasteiger partial charge is 0.273 e. The van der Waals surface area contributed by atoms with Gasteiger partial charge in [0.2, 0.25) is 0 Å². The van der Waals surface area contributed by atoms with Crippen LogP contribution in [0.25, 0.3) is 0 Å². The number of amides is 1. The highest BCUT2D eigenvalue weighted by atomic mass is 35.7. The second-order valence-corrected chi connectivity index (χ2v) is 7.09. The Balaban J connectivity index is 2.10. The van der Waals surface area contributed by atoms with Gasteiger partial charge in [0.1, 0.15) is 5.76 Å². The third-order valence-electron chi connectivity index (χ3n) is 2.87. The van der Waals surface area contributed by atoms with Crippen molar-refractivity contribution in [2.75, 3.05) is 0 Å². The number of benzene rings is 1. The molecule has 6 nitrogen and oxygen atoms in total. The summed E-state index contributed by atoms with van der Waals surface area (Å²) in [5.41, 5.74) is 0.937. The summed E-state index contributed by atoms with van der Waals surface area (Å²) in [5.74, 6) is 0.179. The lowest BCUT2D eigenvalue weighted by atomic mass is 10.1. The number of carbonyl (C=O) groups excluding carboxylic acids is 1. The van der Waals surface area contributed by atoms with Crippen LogP contribution in [0.2, 0.25) is 0 Å². The van der Waals surface area contributed by atoms with E-state index in [0.29, 0.717) is 5.76 Å². The van der Waals surface area contributed by atoms with Crippen LogP contribution >= 0.6 is 10.7 Å². The minimum absolute atomic E-state index is 0.0126. The van der Waals surface area contributed by atoms with Crippen LogP contribution in [0.1, 0.15) is 34.8 Å². The summed E-state index contributed by atoms with van der Waals surface area (Å²) in [7, 11) is 1.49. The third-order valence-corrected chi connectivity index (χ3v) is 4.24. The number of halogens is 1. The number of aryl methyl sites for hydroxylation is 1. The first-order chi connectivity index (χ1) is 9.77. The Labute approximate surface area is 126 Å². The summed E-state index contributed by atoms with van der Waals surface area (Å²) in [6, 6.07) is 7.18. The summed E-state index contributed by atoms with van der Waals surface area (Å²) >= 11 is 0. The Bertz CT molecular complexity index is 753. The minimum Gasteiger partial charge on any atom is -0.361 e. The molecule has 112 valence electrons. The lowest BCUT2D eigenvalue weighted by molar-refractivity contribution is 0.0930. The van der Waals surface area contributed by atoms with Crippen LogP contribution in [0.15, 0.2) is 39.8 Å². The van der Waals surface area contributed by atoms with Gasteiger partial charge in [-0.2, -0.15) is 0 Å². The van der Waals surface area contributed by atoms with Crippen molar-refractivity contribution >= 4 is 25.6 Å². The van der Waals surface area contributed by atoms with Crippen LogP contribution in [-0.4, -0.2) is 19.5 Å². The highest BCUT2D eigenvalue weighted by molar-refractivity contribution is 8.13. The molecule has 0 fully saturated rings. The third kappa shape index (κ3) is 3.83. The van der Waals surface area contributed by atoms with Gasteiger partial charge in [0, 0.05) is 16.7 Å². The molecule has 0 aliphatic rings. The summed E-state index contributed by atoms with van der Waals surface area (Å²) < 4.78 is 27.1. The molecular formula is C13H13ClN2O4S. The number of carbonyl (C=O) groups is 1. The van der Waals surface area contributed by atoms with Gasteiger partial charge in [0.25, 0.3) is 15.0 Å². The maximum absolute atomic E-state index is 11.9. The fourth-order valence-electron chi connectivity index (χ4n) is 1.75. The molecule has 0 aliphatic carbocycles. The van der Waals surface area contributed by atoms with Gasteiger partial charge in [-0.05, 0) is 31.5 Å². The molecule has 0 spiro atoms. The topological polar surface area (TPSA) is 89.3 Å². The molecule has 1 unspecified atom stereocenters. The van der Waals surface area contributed by atoms with Crippen LogP contribution in [-0.2, 0) is 9.05 Å². The van der Waals surface area contributed by atoms with Crippen molar-refractivity contribution in [3.05, 3.63) is 47.3 Å². The van der Waals surface area contributed by atoms with Crippen molar-refractivity contribution in [3.63, 3.8) is 0 Å². The molecule has 0 bridgehead atoms. The van der Waals surface area contributed by atoms with Crippen LogP contribution in [0, 0.1) is 6.92 Å². The molecular weight excluding hydrogens is 316 g/mol. The number of hydrogen-bond acceptors (Lipinski definition) is 5. The quantitative estimate of drug-likeness (QED) is 0.870. The Kier molecular flexibility index (Phi) is 4.34. The van der Waals surface area contributed by atoms with Crippen molar-refractivity contribution in [3.8, 4) is 0 Å². The molecule has 1 aromatic carbocycles. The molecule has 0 radical (unpaired) electrons. The van der Waals surface area contributed by atoms with Gasteiger partial charge in [0.15, 0.2) is 5.69 Å². The van der Waals surface area contributed by atoms with E-state index in [0.717, 1.165) is 5.56 Å². The molecule has 1 aromatic heterocycles. The van der Waals surface area contributed by atoms with Gasteiger partial charge in [0.05, 0.1) is 10.9 Å². The highest BCUT2D eigenvalue weighted by Crippen LogP contribution is 2.19. The lowest BCUT2D eigenvalue weighted by Gasteiger charge is -2.13. The molecule has 2 rings (SSSR count). The van der Waals surface area contributed by atoms with E-state index < -0.39 is 9.05 Å². The van der Waals surface area contributed by atoms with Crippen LogP contribution in [0.3, 0.4) is 0 Å². The average Bonchev–Trinajstić information content (AvgIpc) is 2.84. The van der Waals surface area contributed by atoms with Crippen LogP contribution in [0.4, 0.5) is 0 Å². The SMILES string of the molecule is Cc1cc(C(=O)NC(C)c2ccc(S(=O)(=O)Cl)cc2)no1. The zero-order valence-corrected chi connectivity index (χ0v) is 12.9. The largest absolute Gasteiger partial charge is 0.361 e. The fourth-order valence-corrected chi connectivity index (χ4v) is 2.52. The van der Waals surface area contributed by atoms with Gasteiger partial charge in [-0.1, -0.05) is 17.3 Å². The van der Waals surface area contributed by atoms with E-state index in [4.69, 9.17) is 15.2 Å². The summed E-state index contributed by atoms with van der Waals surface area (Å²) in [6.07, 6.45) is 0. The second-order valence-electron chi connectivity index (χ2n) is 4.52. The van der Waals surface area contributed by atoms with Crippen LogP contribution in [0.5, 0.6) is 0 Å². The summed E-state index contributed by atoms with van der Waals surface area (Å²) in [6.45, 7) is 3.47. The maximum atomic E-state index is 11.9. The van der Waals surface area contributed by atoms with Crippen molar-refractivity contribution in [1.82, 2.24) is 10.5 Å². The van der Waals surface area contributed by atoms with E-state index in [1.807, 2.05) is 0 Å². The summed E-state index contributed by atoms with van der Waals surface area (Å²) in [4.78, 5) is 11.9. The Morgan fingerprint density at radius 1 is 1.33 bits per heavy atom. The maximum Gasteiger partial charge on any atom is 0.273 e. The Morgan fingerprint density at radius 2 is 1.95 bits per heavy atom. The van der Waals surface area contributed by atoms with E-state index in [9.17, 15) is 13.2 Å². The van der Waals surface area contributed by atoms with E-state index in [1.165, 1.54) is 18.2 Å². The Hall–Kier alpha value is -1.86. The predicted molar refractivity (Wildman–Crippen MR) is 76.6 cm³/mol. The Morgan fingerprint density at radius 3 is 2.43 bits per heavy atom. The van der Waals surface area contributed by atoms with E-state index in [-0.39, 0.29) is 22.5 Å². The van der Waals surface area contributed by atoms with Crippen molar-refractivity contribution in [2.45, 2.75) is 24.8 Å². The van der Waals surface area contributed by atoms with Gasteiger partial charge in [-0.25, -0.2) is 8.42 Å². The molecule has 8 heteroatoms. The molecule has 1 amide bonds. The molecule has 0 saturated heterocycles. The van der Waals surface area contributed by atoms with Crippen molar-refractivity contribution in [2.24, 2.45) is 0 Å². The van der Waals surface area contributed by atoms with Gasteiger partial charge < -0.3 is 9.84 Å². The summed E-state index contributed by atoms with van der Waals surface area (Å²) in [5, 5.41) is 6.37. The van der Waals surface area contributed by atoms with Gasteiger partial charge in [-0.15, -0.1) is 0 Å². The van der Waals surface area contributed by atoms with E-state index in [2.05, 4.69) is 10.5 Å². The second kappa shape index (κ2) is 5.87. The zero-order valence-electron chi connectivity index (χ0n) is 11.3. The predicted octanol–water partition coefficient (Wildman–Crippen LogP) is 2.40. The van der Waals surface area contributed by atoms with E-state index >= 15 is 0 Å². The number of nitrogens with zero attached hydrogens (tertiary/aromatic N) is 1. The normalized spacial score (nSPS) is 12.9. The minimum atomic E-state index is -3.75. The van der Waals surface area contributed by atoms with Crippen molar-refractivity contribution in [1.29, 1.82) is 0 Å². The molecule has 1 heterocycles. The van der Waals surface area contributed by atoms with E-state index in [1.54, 1.807) is 26.0 Å². The standard InChI is InChI=1S/C13H13ClN2O4S/c1-8-7-12(16-20-8)13(17)15-9(2)10-3-5-11(6-4-10)21(14,18)19/h3-7,9H,1-2H3,(H,15,17). The van der Waals surface area contributed by atoms with Crippen molar-refractivity contribution < 1.29 is 17.7 Å². The first-order valence-electron chi connectivity index (χ1n) is 6.06. The van der Waals surface area contributed by atoms with Gasteiger partial charge >= 0.3 is 0 Å². The fraction of sp³-hybridized carbons (Fsp3) is 0.231. The average molecular weight is 329 g/mol. The number of aromatic nitrogens is 1. The molecule has 1 atom stereocenters. The number of hydrogen-bond donors (Lipinski definition) is 1. The monoisotopic (exact) mass is 328 g/mol. The first kappa shape index (κ1) is 15.5. The first-order valence-corrected chi connectivity index (χ1v) is 8.37.